The zero-order chi connectivity index (χ0) is 19.9. The van der Waals surface area contributed by atoms with Gasteiger partial charge in [-0.25, -0.2) is 4.79 Å². The summed E-state index contributed by atoms with van der Waals surface area (Å²) in [7, 11) is 0. The van der Waals surface area contributed by atoms with Crippen LogP contribution in [-0.4, -0.2) is 18.5 Å². The minimum atomic E-state index is -4.48. The van der Waals surface area contributed by atoms with E-state index in [2.05, 4.69) is 5.32 Å². The van der Waals surface area contributed by atoms with Crippen LogP contribution in [0.3, 0.4) is 0 Å². The van der Waals surface area contributed by atoms with Gasteiger partial charge in [-0.15, -0.1) is 0 Å². The van der Waals surface area contributed by atoms with Crippen LogP contribution in [0.15, 0.2) is 54.6 Å². The summed E-state index contributed by atoms with van der Waals surface area (Å²) in [5, 5.41) is 2.81. The number of ether oxygens (including phenoxy) is 1. The maximum atomic E-state index is 12.5. The van der Waals surface area contributed by atoms with Crippen LogP contribution in [0.5, 0.6) is 0 Å². The Balaban J connectivity index is 1.91. The number of esters is 1. The molecule has 0 bridgehead atoms. The molecule has 0 aliphatic rings. The van der Waals surface area contributed by atoms with Crippen molar-refractivity contribution in [1.29, 1.82) is 0 Å². The standard InChI is InChI=1S/C20H20F3NO3/c1-2-6-17(14-7-4-3-5-8-14)24-18(25)13-27-19(26)15-9-11-16(12-10-15)20(21,22)23/h3-5,7-12,17H,2,6,13H2,1H3,(H,24,25)/t17-/m0/s1. The molecule has 0 saturated heterocycles. The minimum absolute atomic E-state index is 0.0519. The third-order valence-corrected chi connectivity index (χ3v) is 3.90. The van der Waals surface area contributed by atoms with Crippen LogP contribution in [0.1, 0.15) is 47.3 Å². The molecule has 1 atom stereocenters. The number of carbonyl (C=O) groups is 2. The van der Waals surface area contributed by atoms with E-state index in [1.54, 1.807) is 0 Å². The van der Waals surface area contributed by atoms with Gasteiger partial charge in [0.05, 0.1) is 17.2 Å². The Morgan fingerprint density at radius 3 is 2.22 bits per heavy atom. The molecule has 27 heavy (non-hydrogen) atoms. The average Bonchev–Trinajstić information content (AvgIpc) is 2.66. The molecule has 2 rings (SSSR count). The van der Waals surface area contributed by atoms with Crippen LogP contribution in [-0.2, 0) is 15.7 Å². The van der Waals surface area contributed by atoms with E-state index in [-0.39, 0.29) is 11.6 Å². The Labute approximate surface area is 155 Å². The molecule has 2 aromatic rings. The molecule has 4 nitrogen and oxygen atoms in total. The summed E-state index contributed by atoms with van der Waals surface area (Å²) in [6, 6.07) is 12.8. The fraction of sp³-hybridized carbons (Fsp3) is 0.300. The van der Waals surface area contributed by atoms with Crippen LogP contribution < -0.4 is 5.32 Å². The Kier molecular flexibility index (Phi) is 6.98. The number of rotatable bonds is 7. The summed E-state index contributed by atoms with van der Waals surface area (Å²) >= 11 is 0. The van der Waals surface area contributed by atoms with Crippen LogP contribution in [0, 0.1) is 0 Å². The highest BCUT2D eigenvalue weighted by Gasteiger charge is 2.30. The van der Waals surface area contributed by atoms with Crippen molar-refractivity contribution in [3.63, 3.8) is 0 Å². The molecule has 7 heteroatoms. The van der Waals surface area contributed by atoms with Crippen molar-refractivity contribution >= 4 is 11.9 Å². The molecule has 0 aromatic heterocycles. The number of alkyl halides is 3. The van der Waals surface area contributed by atoms with Gasteiger partial charge in [0.2, 0.25) is 0 Å². The lowest BCUT2D eigenvalue weighted by Crippen LogP contribution is -2.32. The van der Waals surface area contributed by atoms with E-state index in [1.807, 2.05) is 37.3 Å². The third-order valence-electron chi connectivity index (χ3n) is 3.90. The van der Waals surface area contributed by atoms with Gasteiger partial charge in [-0.3, -0.25) is 4.79 Å². The van der Waals surface area contributed by atoms with E-state index < -0.39 is 30.2 Å². The van der Waals surface area contributed by atoms with Crippen molar-refractivity contribution in [2.24, 2.45) is 0 Å². The normalized spacial score (nSPS) is 12.3. The van der Waals surface area contributed by atoms with Crippen LogP contribution >= 0.6 is 0 Å². The van der Waals surface area contributed by atoms with Crippen LogP contribution in [0.4, 0.5) is 13.2 Å². The number of amides is 1. The summed E-state index contributed by atoms with van der Waals surface area (Å²) in [5.41, 5.74) is 0.0350. The Morgan fingerprint density at radius 1 is 1.04 bits per heavy atom. The van der Waals surface area contributed by atoms with Gasteiger partial charge in [0.1, 0.15) is 0 Å². The zero-order valence-electron chi connectivity index (χ0n) is 14.8. The van der Waals surface area contributed by atoms with E-state index in [0.717, 1.165) is 42.7 Å². The van der Waals surface area contributed by atoms with Crippen molar-refractivity contribution < 1.29 is 27.5 Å². The van der Waals surface area contributed by atoms with Crippen molar-refractivity contribution in [1.82, 2.24) is 5.32 Å². The molecular weight excluding hydrogens is 359 g/mol. The average molecular weight is 379 g/mol. The van der Waals surface area contributed by atoms with E-state index in [0.29, 0.717) is 0 Å². The smallest absolute Gasteiger partial charge is 0.416 e. The first-order valence-electron chi connectivity index (χ1n) is 8.50. The maximum Gasteiger partial charge on any atom is 0.416 e. The largest absolute Gasteiger partial charge is 0.452 e. The quantitative estimate of drug-likeness (QED) is 0.720. The molecule has 0 saturated carbocycles. The number of carbonyl (C=O) groups excluding carboxylic acids is 2. The summed E-state index contributed by atoms with van der Waals surface area (Å²) in [6.45, 7) is 1.49. The number of hydrogen-bond donors (Lipinski definition) is 1. The highest BCUT2D eigenvalue weighted by Crippen LogP contribution is 2.29. The number of nitrogens with one attached hydrogen (secondary N) is 1. The van der Waals surface area contributed by atoms with E-state index in [9.17, 15) is 22.8 Å². The molecule has 0 heterocycles. The molecule has 0 aliphatic heterocycles. The van der Waals surface area contributed by atoms with Gasteiger partial charge in [0, 0.05) is 0 Å². The first kappa shape index (κ1) is 20.5. The molecule has 0 fully saturated rings. The lowest BCUT2D eigenvalue weighted by atomic mass is 10.0. The fourth-order valence-corrected chi connectivity index (χ4v) is 2.54. The molecule has 2 aromatic carbocycles. The fourth-order valence-electron chi connectivity index (χ4n) is 2.54. The van der Waals surface area contributed by atoms with E-state index in [4.69, 9.17) is 4.74 Å². The van der Waals surface area contributed by atoms with E-state index in [1.165, 1.54) is 0 Å². The SMILES string of the molecule is CCC[C@H](NC(=O)COC(=O)c1ccc(C(F)(F)F)cc1)c1ccccc1. The van der Waals surface area contributed by atoms with Crippen molar-refractivity contribution in [3.8, 4) is 0 Å². The predicted octanol–water partition coefficient (Wildman–Crippen LogP) is 4.52. The summed E-state index contributed by atoms with van der Waals surface area (Å²) in [4.78, 5) is 24.0. The lowest BCUT2D eigenvalue weighted by Gasteiger charge is -2.18. The molecule has 1 N–H and O–H groups in total. The molecule has 0 unspecified atom stereocenters. The van der Waals surface area contributed by atoms with Gasteiger partial charge in [0.25, 0.3) is 5.91 Å². The minimum Gasteiger partial charge on any atom is -0.452 e. The summed E-state index contributed by atoms with van der Waals surface area (Å²) < 4.78 is 42.5. The van der Waals surface area contributed by atoms with E-state index >= 15 is 0 Å². The summed E-state index contributed by atoms with van der Waals surface area (Å²) in [6.07, 6.45) is -2.90. The second-order valence-corrected chi connectivity index (χ2v) is 5.97. The first-order valence-corrected chi connectivity index (χ1v) is 8.50. The number of halogens is 3. The topological polar surface area (TPSA) is 55.4 Å². The lowest BCUT2D eigenvalue weighted by molar-refractivity contribution is -0.137. The highest BCUT2D eigenvalue weighted by molar-refractivity contribution is 5.91. The van der Waals surface area contributed by atoms with Crippen molar-refractivity contribution in [3.05, 3.63) is 71.3 Å². The van der Waals surface area contributed by atoms with Crippen LogP contribution in [0.2, 0.25) is 0 Å². The molecule has 0 spiro atoms. The van der Waals surface area contributed by atoms with Gasteiger partial charge < -0.3 is 10.1 Å². The highest BCUT2D eigenvalue weighted by atomic mass is 19.4. The van der Waals surface area contributed by atoms with Crippen molar-refractivity contribution in [2.75, 3.05) is 6.61 Å². The monoisotopic (exact) mass is 379 g/mol. The van der Waals surface area contributed by atoms with Gasteiger partial charge >= 0.3 is 12.1 Å². The maximum absolute atomic E-state index is 12.5. The Hall–Kier alpha value is -2.83. The molecule has 0 radical (unpaired) electrons. The number of benzene rings is 2. The van der Waals surface area contributed by atoms with Crippen molar-refractivity contribution in [2.45, 2.75) is 32.0 Å². The second kappa shape index (κ2) is 9.21. The Bertz CT molecular complexity index is 758. The molecule has 1 amide bonds. The zero-order valence-corrected chi connectivity index (χ0v) is 14.8. The van der Waals surface area contributed by atoms with Gasteiger partial charge in [-0.05, 0) is 36.2 Å². The van der Waals surface area contributed by atoms with Gasteiger partial charge in [-0.2, -0.15) is 13.2 Å². The molecular formula is C20H20F3NO3. The second-order valence-electron chi connectivity index (χ2n) is 5.97. The van der Waals surface area contributed by atoms with Crippen LogP contribution in [0.25, 0.3) is 0 Å². The molecule has 144 valence electrons. The third kappa shape index (κ3) is 6.13. The van der Waals surface area contributed by atoms with Gasteiger partial charge in [-0.1, -0.05) is 43.7 Å². The first-order chi connectivity index (χ1) is 12.8. The summed E-state index contributed by atoms with van der Waals surface area (Å²) in [5.74, 6) is -1.33. The van der Waals surface area contributed by atoms with Gasteiger partial charge in [0.15, 0.2) is 6.61 Å². The number of hydrogen-bond acceptors (Lipinski definition) is 3. The molecule has 0 aliphatic carbocycles. The predicted molar refractivity (Wildman–Crippen MR) is 94.0 cm³/mol. The Morgan fingerprint density at radius 2 is 1.67 bits per heavy atom.